The van der Waals surface area contributed by atoms with E-state index in [1.54, 1.807) is 11.8 Å². The van der Waals surface area contributed by atoms with Crippen molar-refractivity contribution in [3.63, 3.8) is 0 Å². The highest BCUT2D eigenvalue weighted by atomic mass is 32.2. The lowest BCUT2D eigenvalue weighted by molar-refractivity contribution is 0.0570. The minimum absolute atomic E-state index is 0.151. The Bertz CT molecular complexity index is 777. The van der Waals surface area contributed by atoms with Crippen molar-refractivity contribution in [2.45, 2.75) is 49.3 Å². The molecule has 0 atom stereocenters. The lowest BCUT2D eigenvalue weighted by Crippen LogP contribution is -2.51. The number of carbonyl (C=O) groups excluding carboxylic acids is 1. The summed E-state index contributed by atoms with van der Waals surface area (Å²) in [6.07, 6.45) is 5.38. The van der Waals surface area contributed by atoms with Crippen LogP contribution in [-0.4, -0.2) is 53.1 Å². The Balaban J connectivity index is 1.38. The van der Waals surface area contributed by atoms with Gasteiger partial charge in [-0.1, -0.05) is 30.1 Å². The van der Waals surface area contributed by atoms with Gasteiger partial charge in [-0.2, -0.15) is 0 Å². The molecule has 0 unspecified atom stereocenters. The normalized spacial score (nSPS) is 18.9. The number of benzene rings is 1. The number of nitrogens with zero attached hydrogens (tertiary/aromatic N) is 3. The summed E-state index contributed by atoms with van der Waals surface area (Å²) in [5.41, 5.74) is 1.68. The smallest absolute Gasteiger partial charge is 0.255 e. The van der Waals surface area contributed by atoms with Crippen molar-refractivity contribution >= 4 is 17.7 Å². The first-order valence-corrected chi connectivity index (χ1v) is 10.9. The van der Waals surface area contributed by atoms with Crippen LogP contribution >= 0.6 is 11.8 Å². The molecule has 4 rings (SSSR count). The first-order valence-electron chi connectivity index (χ1n) is 9.88. The molecule has 144 valence electrons. The maximum atomic E-state index is 13.1. The summed E-state index contributed by atoms with van der Waals surface area (Å²) in [5.74, 6) is 1.67. The van der Waals surface area contributed by atoms with Gasteiger partial charge in [0.25, 0.3) is 5.91 Å². The molecule has 2 fully saturated rings. The van der Waals surface area contributed by atoms with Crippen LogP contribution in [0.2, 0.25) is 0 Å². The van der Waals surface area contributed by atoms with E-state index in [0.29, 0.717) is 5.75 Å². The Hall–Kier alpha value is -1.79. The highest BCUT2D eigenvalue weighted by Gasteiger charge is 2.28. The number of aryl methyl sites for hydroxylation is 1. The molecule has 1 aliphatic carbocycles. The second kappa shape index (κ2) is 8.48. The van der Waals surface area contributed by atoms with Crippen molar-refractivity contribution in [3.05, 3.63) is 47.3 Å². The van der Waals surface area contributed by atoms with Crippen LogP contribution in [0, 0.1) is 6.92 Å². The van der Waals surface area contributed by atoms with Gasteiger partial charge >= 0.3 is 0 Å². The molecular formula is C21H27N3O2S. The van der Waals surface area contributed by atoms with Gasteiger partial charge in [0.05, 0.1) is 17.0 Å². The van der Waals surface area contributed by atoms with Crippen LogP contribution in [0.15, 0.2) is 39.8 Å². The highest BCUT2D eigenvalue weighted by molar-refractivity contribution is 7.98. The van der Waals surface area contributed by atoms with Gasteiger partial charge in [0.2, 0.25) is 0 Å². The lowest BCUT2D eigenvalue weighted by atomic mass is 10.1. The third-order valence-corrected chi connectivity index (χ3v) is 6.70. The summed E-state index contributed by atoms with van der Waals surface area (Å²) in [4.78, 5) is 18.7. The van der Waals surface area contributed by atoms with Crippen LogP contribution in [0.3, 0.4) is 0 Å². The predicted molar refractivity (Wildman–Crippen MR) is 107 cm³/mol. The monoisotopic (exact) mass is 385 g/mol. The zero-order valence-electron chi connectivity index (χ0n) is 15.9. The standard InChI is InChI=1S/C21H27N3O2S/c1-16-14-18(26-22-16)15-27-20-9-5-4-8-19(20)21(25)24-12-10-23(11-13-24)17-6-2-3-7-17/h4-5,8-9,14,17H,2-3,6-7,10-13,15H2,1H3. The summed E-state index contributed by atoms with van der Waals surface area (Å²) in [6.45, 7) is 5.58. The molecule has 1 saturated heterocycles. The van der Waals surface area contributed by atoms with Crippen molar-refractivity contribution in [1.82, 2.24) is 15.0 Å². The van der Waals surface area contributed by atoms with Crippen molar-refractivity contribution in [2.24, 2.45) is 0 Å². The Labute approximate surface area is 165 Å². The van der Waals surface area contributed by atoms with Gasteiger partial charge in [-0.15, -0.1) is 11.8 Å². The highest BCUT2D eigenvalue weighted by Crippen LogP contribution is 2.28. The molecule has 1 saturated carbocycles. The van der Waals surface area contributed by atoms with Gasteiger partial charge in [-0.25, -0.2) is 0 Å². The molecule has 0 N–H and O–H groups in total. The topological polar surface area (TPSA) is 49.6 Å². The quantitative estimate of drug-likeness (QED) is 0.729. The fraction of sp³-hybridized carbons (Fsp3) is 0.524. The van der Waals surface area contributed by atoms with Crippen LogP contribution in [0.25, 0.3) is 0 Å². The molecule has 2 aliphatic rings. The Morgan fingerprint density at radius 1 is 1.19 bits per heavy atom. The molecule has 1 aliphatic heterocycles. The van der Waals surface area contributed by atoms with Gasteiger partial charge < -0.3 is 9.42 Å². The van der Waals surface area contributed by atoms with E-state index < -0.39 is 0 Å². The van der Waals surface area contributed by atoms with Gasteiger partial charge in [0.15, 0.2) is 0 Å². The molecule has 2 heterocycles. The van der Waals surface area contributed by atoms with E-state index in [-0.39, 0.29) is 5.91 Å². The van der Waals surface area contributed by atoms with Crippen LogP contribution < -0.4 is 0 Å². The van der Waals surface area contributed by atoms with Gasteiger partial charge in [-0.3, -0.25) is 9.69 Å². The lowest BCUT2D eigenvalue weighted by Gasteiger charge is -2.38. The first-order chi connectivity index (χ1) is 13.2. The molecule has 2 aromatic rings. The van der Waals surface area contributed by atoms with Crippen molar-refractivity contribution < 1.29 is 9.32 Å². The van der Waals surface area contributed by atoms with E-state index in [1.807, 2.05) is 42.2 Å². The van der Waals surface area contributed by atoms with E-state index in [0.717, 1.165) is 54.1 Å². The number of aromatic nitrogens is 1. The average molecular weight is 386 g/mol. The molecular weight excluding hydrogens is 358 g/mol. The maximum Gasteiger partial charge on any atom is 0.255 e. The van der Waals surface area contributed by atoms with Gasteiger partial charge in [-0.05, 0) is 31.9 Å². The molecule has 27 heavy (non-hydrogen) atoms. The summed E-state index contributed by atoms with van der Waals surface area (Å²) in [5, 5.41) is 3.93. The molecule has 0 bridgehead atoms. The third kappa shape index (κ3) is 4.38. The minimum Gasteiger partial charge on any atom is -0.360 e. The van der Waals surface area contributed by atoms with E-state index in [4.69, 9.17) is 4.52 Å². The second-order valence-electron chi connectivity index (χ2n) is 7.49. The summed E-state index contributed by atoms with van der Waals surface area (Å²) in [6, 6.07) is 10.6. The van der Waals surface area contributed by atoms with Crippen LogP contribution in [0.5, 0.6) is 0 Å². The second-order valence-corrected chi connectivity index (χ2v) is 8.50. The van der Waals surface area contributed by atoms with E-state index in [2.05, 4.69) is 10.1 Å². The van der Waals surface area contributed by atoms with Crippen LogP contribution in [0.4, 0.5) is 0 Å². The predicted octanol–water partition coefficient (Wildman–Crippen LogP) is 3.98. The zero-order valence-corrected chi connectivity index (χ0v) is 16.7. The van der Waals surface area contributed by atoms with Crippen LogP contribution in [-0.2, 0) is 5.75 Å². The summed E-state index contributed by atoms with van der Waals surface area (Å²) in [7, 11) is 0. The van der Waals surface area contributed by atoms with Crippen molar-refractivity contribution in [1.29, 1.82) is 0 Å². The molecule has 1 aromatic heterocycles. The van der Waals surface area contributed by atoms with Crippen molar-refractivity contribution in [3.8, 4) is 0 Å². The first kappa shape index (κ1) is 18.6. The number of hydrogen-bond acceptors (Lipinski definition) is 5. The zero-order chi connectivity index (χ0) is 18.6. The molecule has 1 amide bonds. The van der Waals surface area contributed by atoms with Crippen LogP contribution in [0.1, 0.15) is 47.5 Å². The Kier molecular flexibility index (Phi) is 5.83. The molecule has 5 nitrogen and oxygen atoms in total. The van der Waals surface area contributed by atoms with E-state index in [9.17, 15) is 4.79 Å². The SMILES string of the molecule is Cc1cc(CSc2ccccc2C(=O)N2CCN(C3CCCC3)CC2)on1. The number of amides is 1. The number of carbonyl (C=O) groups is 1. The molecule has 0 spiro atoms. The Morgan fingerprint density at radius 2 is 1.93 bits per heavy atom. The van der Waals surface area contributed by atoms with Crippen molar-refractivity contribution in [2.75, 3.05) is 26.2 Å². The summed E-state index contributed by atoms with van der Waals surface area (Å²) < 4.78 is 5.29. The number of hydrogen-bond donors (Lipinski definition) is 0. The van der Waals surface area contributed by atoms with Gasteiger partial charge in [0.1, 0.15) is 5.76 Å². The fourth-order valence-electron chi connectivity index (χ4n) is 4.13. The number of thioether (sulfide) groups is 1. The minimum atomic E-state index is 0.151. The summed E-state index contributed by atoms with van der Waals surface area (Å²) >= 11 is 1.64. The maximum absolute atomic E-state index is 13.1. The number of rotatable bonds is 5. The molecule has 1 aromatic carbocycles. The molecule has 0 radical (unpaired) electrons. The molecule has 6 heteroatoms. The van der Waals surface area contributed by atoms with E-state index in [1.165, 1.54) is 25.7 Å². The average Bonchev–Trinajstić information content (AvgIpc) is 3.38. The largest absolute Gasteiger partial charge is 0.360 e. The fourth-order valence-corrected chi connectivity index (χ4v) is 5.05. The van der Waals surface area contributed by atoms with Gasteiger partial charge in [0, 0.05) is 43.2 Å². The van der Waals surface area contributed by atoms with E-state index >= 15 is 0 Å². The third-order valence-electron chi connectivity index (χ3n) is 5.61. The number of piperazine rings is 1. The Morgan fingerprint density at radius 3 is 2.63 bits per heavy atom.